The van der Waals surface area contributed by atoms with Crippen molar-refractivity contribution in [3.8, 4) is 40.2 Å². The molecule has 0 aliphatic carbocycles. The molecule has 0 unspecified atom stereocenters. The van der Waals surface area contributed by atoms with E-state index in [9.17, 15) is 44.4 Å². The quantitative estimate of drug-likeness (QED) is 0.0322. The molecule has 0 aliphatic heterocycles. The van der Waals surface area contributed by atoms with Crippen molar-refractivity contribution in [3.63, 3.8) is 0 Å². The average Bonchev–Trinajstić information content (AvgIpc) is 0.811. The van der Waals surface area contributed by atoms with Gasteiger partial charge in [-0.1, -0.05) is 188 Å². The van der Waals surface area contributed by atoms with Gasteiger partial charge in [0.1, 0.15) is 45.9 Å². The fourth-order valence-electron chi connectivity index (χ4n) is 13.8. The third-order valence-electron chi connectivity index (χ3n) is 20.2. The highest BCUT2D eigenvalue weighted by atomic mass is 79.9. The molecule has 0 heterocycles. The predicted molar refractivity (Wildman–Crippen MR) is 516 cm³/mol. The van der Waals surface area contributed by atoms with Gasteiger partial charge in [0.05, 0.1) is 72.0 Å². The number of carbonyl (C=O) groups excluding carboxylic acids is 5. The number of hydrogen-bond donors (Lipinski definition) is 9. The molecule has 0 fully saturated rings. The Hall–Kier alpha value is -16.0. The van der Waals surface area contributed by atoms with Gasteiger partial charge in [0.15, 0.2) is 0 Å². The number of nitrogens with one attached hydrogen (secondary N) is 5. The minimum Gasteiger partial charge on any atom is -0.506 e. The number of rotatable bonds is 20. The van der Waals surface area contributed by atoms with Gasteiger partial charge in [-0.3, -0.25) is 43.9 Å². The molecule has 16 aromatic rings. The van der Waals surface area contributed by atoms with Crippen molar-refractivity contribution >= 4 is 176 Å². The van der Waals surface area contributed by atoms with Crippen LogP contribution in [-0.4, -0.2) is 95.6 Å². The van der Waals surface area contributed by atoms with Crippen molar-refractivity contribution in [1.82, 2.24) is 0 Å². The second kappa shape index (κ2) is 41.7. The summed E-state index contributed by atoms with van der Waals surface area (Å²) < 4.78 is 16.8. The molecule has 0 aromatic heterocycles. The molecule has 0 spiro atoms. The van der Waals surface area contributed by atoms with Crippen LogP contribution in [0.15, 0.2) is 340 Å². The molecule has 0 saturated heterocycles. The second-order valence-corrected chi connectivity index (χ2v) is 30.1. The van der Waals surface area contributed by atoms with E-state index < -0.39 is 23.6 Å². The smallest absolute Gasteiger partial charge is 0.259 e. The van der Waals surface area contributed by atoms with Gasteiger partial charge in [0, 0.05) is 80.1 Å². The molecule has 632 valence electrons. The first-order valence-electron chi connectivity index (χ1n) is 39.9. The van der Waals surface area contributed by atoms with Crippen molar-refractivity contribution < 1.29 is 58.6 Å². The number of phenolic OH excluding ortho intramolecular Hbond substituents is 4. The molecule has 23 heteroatoms. The van der Waals surface area contributed by atoms with Gasteiger partial charge in [0.2, 0.25) is 5.91 Å². The topological polar surface area (TPSA) is 304 Å². The van der Waals surface area contributed by atoms with E-state index in [0.717, 1.165) is 64.4 Å². The molecule has 0 atom stereocenters. The number of halogens is 2. The summed E-state index contributed by atoms with van der Waals surface area (Å²) >= 11 is 9.46. The summed E-state index contributed by atoms with van der Waals surface area (Å²) in [5.74, 6) is -0.679. The van der Waals surface area contributed by atoms with Crippen LogP contribution in [-0.2, 0) is 4.79 Å². The van der Waals surface area contributed by atoms with Crippen molar-refractivity contribution in [3.05, 3.63) is 381 Å². The molecule has 16 rings (SSSR count). The molecule has 21 nitrogen and oxygen atoms in total. The maximum atomic E-state index is 13.1. The number of hydrogen-bond acceptors (Lipinski definition) is 16. The Morgan fingerprint density at radius 2 is 0.732 bits per heavy atom. The Morgan fingerprint density at radius 3 is 1.21 bits per heavy atom. The zero-order valence-corrected chi connectivity index (χ0v) is 72.2. The molecule has 0 saturated carbocycles. The maximum absolute atomic E-state index is 13.1. The van der Waals surface area contributed by atoms with Crippen molar-refractivity contribution in [2.24, 2.45) is 20.0 Å². The first-order valence-corrected chi connectivity index (χ1v) is 41.0. The van der Waals surface area contributed by atoms with Crippen LogP contribution >= 0.6 is 27.5 Å². The Labute approximate surface area is 745 Å². The third kappa shape index (κ3) is 21.9. The van der Waals surface area contributed by atoms with E-state index in [-0.39, 0.29) is 51.2 Å². The lowest BCUT2D eigenvalue weighted by Crippen LogP contribution is -2.14. The summed E-state index contributed by atoms with van der Waals surface area (Å²) in [5, 5.41) is 65.3. The Kier molecular flexibility index (Phi) is 29.1. The molecule has 16 aromatic carbocycles. The van der Waals surface area contributed by atoms with E-state index in [0.29, 0.717) is 95.7 Å². The monoisotopic (exact) mass is 1770 g/mol. The Bertz CT molecular complexity index is 6950. The number of methoxy groups -OCH3 is 3. The number of fused-ring (bicyclic) bond motifs is 4. The first kappa shape index (κ1) is 88.7. The van der Waals surface area contributed by atoms with Crippen molar-refractivity contribution in [2.45, 2.75) is 27.7 Å². The van der Waals surface area contributed by atoms with E-state index in [4.69, 9.17) is 25.8 Å². The summed E-state index contributed by atoms with van der Waals surface area (Å²) in [4.78, 5) is 81.5. The summed E-state index contributed by atoms with van der Waals surface area (Å²) in [7, 11) is 4.65. The van der Waals surface area contributed by atoms with Crippen LogP contribution in [0.2, 0.25) is 5.02 Å². The van der Waals surface area contributed by atoms with Crippen molar-refractivity contribution in [2.75, 3.05) is 47.9 Å². The largest absolute Gasteiger partial charge is 0.506 e. The molecule has 127 heavy (non-hydrogen) atoms. The molecule has 0 aliphatic rings. The second-order valence-electron chi connectivity index (χ2n) is 28.8. The molecule has 9 N–H and O–H groups in total. The Balaban J connectivity index is 0.000000145. The summed E-state index contributed by atoms with van der Waals surface area (Å²) in [5.41, 5.74) is 10.9. The fraction of sp³-hybridized carbons (Fsp3) is 0.0673. The lowest BCUT2D eigenvalue weighted by Gasteiger charge is -2.15. The predicted octanol–water partition coefficient (Wildman–Crippen LogP) is 24.6. The number of aromatic hydroxyl groups is 4. The van der Waals surface area contributed by atoms with Gasteiger partial charge < -0.3 is 61.2 Å². The summed E-state index contributed by atoms with van der Waals surface area (Å²) in [6.07, 6.45) is 4.71. The van der Waals surface area contributed by atoms with Gasteiger partial charge in [-0.15, -0.1) is 0 Å². The highest BCUT2D eigenvalue weighted by Gasteiger charge is 2.25. The first-order chi connectivity index (χ1) is 61.5. The lowest BCUT2D eigenvalue weighted by atomic mass is 9.96. The molecular weight excluding hydrogens is 1680 g/mol. The highest BCUT2D eigenvalue weighted by molar-refractivity contribution is 9.10. The van der Waals surface area contributed by atoms with Crippen LogP contribution < -0.4 is 40.8 Å². The van der Waals surface area contributed by atoms with E-state index in [1.54, 1.807) is 154 Å². The van der Waals surface area contributed by atoms with Gasteiger partial charge in [-0.2, -0.15) is 0 Å². The number of benzene rings is 16. The van der Waals surface area contributed by atoms with Crippen LogP contribution in [0, 0.1) is 13.8 Å². The third-order valence-corrected chi connectivity index (χ3v) is 21.1. The van der Waals surface area contributed by atoms with Gasteiger partial charge in [0.25, 0.3) is 23.6 Å². The number of para-hydroxylation sites is 8. The standard InChI is InChI=1S/C28H25N3O3.C26H21BrN2O3.C25H19ClN2O3.C25H20N2O3/c1-17-8-4-7-11-25(17)31-28(34)24-16-20-9-5-6-10-23(20)26(27(24)33)18(2)29-21-12-14-22(15-13-21)30-19(3)32;1-16-11-12-22(21(27)13-16)28-15-20-18-8-4-3-7-17(18)14-19(25(20)30)26(31)29-23-9-5-6-10-24(23)32-2;1-31-23-9-5-4-8-22(23)28-25(30)20-14-16-6-2-3-7-19(16)21(24(20)29)15-27-18-12-10-17(26)11-13-18;1-30-23-14-8-7-13-22(23)26-16-21-19-12-6-5-9-17(19)15-20(24(21)28)25(29)27-18-10-3-2-4-11-18/h4-16,33H,1-3H3,(H,30,32)(H,31,34);3-15,30H,1-2H3,(H,29,31);2-15,29H,1H3,(H,28,30);2-16,28H,1H3,(H,27,29). The fourth-order valence-corrected chi connectivity index (χ4v) is 14.6. The number of nitrogens with zero attached hydrogens (tertiary/aromatic N) is 4. The number of anilines is 5. The lowest BCUT2D eigenvalue weighted by molar-refractivity contribution is -0.114. The zero-order chi connectivity index (χ0) is 89.6. The Morgan fingerprint density at radius 1 is 0.354 bits per heavy atom. The zero-order valence-electron chi connectivity index (χ0n) is 69.9. The number of amides is 5. The van der Waals surface area contributed by atoms with Crippen LogP contribution in [0.25, 0.3) is 43.1 Å². The van der Waals surface area contributed by atoms with Crippen LogP contribution in [0.5, 0.6) is 40.2 Å². The maximum Gasteiger partial charge on any atom is 0.259 e. The van der Waals surface area contributed by atoms with E-state index in [2.05, 4.69) is 62.5 Å². The minimum atomic E-state index is -0.450. The highest BCUT2D eigenvalue weighted by Crippen LogP contribution is 2.40. The van der Waals surface area contributed by atoms with Gasteiger partial charge in [-0.05, 0) is 230 Å². The van der Waals surface area contributed by atoms with E-state index in [1.165, 1.54) is 21.1 Å². The van der Waals surface area contributed by atoms with Gasteiger partial charge in [-0.25, -0.2) is 0 Å². The normalized spacial score (nSPS) is 11.1. The minimum absolute atomic E-state index is 0.124. The number of carbonyl (C=O) groups is 5. The summed E-state index contributed by atoms with van der Waals surface area (Å²) in [6, 6.07) is 95.0. The van der Waals surface area contributed by atoms with Crippen molar-refractivity contribution in [1.29, 1.82) is 0 Å². The number of ether oxygens (including phenoxy) is 3. The molecule has 0 radical (unpaired) electrons. The number of aryl methyl sites for hydroxylation is 2. The van der Waals surface area contributed by atoms with Crippen LogP contribution in [0.4, 0.5) is 51.2 Å². The van der Waals surface area contributed by atoms with Crippen LogP contribution in [0.1, 0.15) is 88.7 Å². The SMILES string of the molecule is CC(=O)Nc1ccc(N=C(C)c2c(O)c(C(=O)Nc3ccccc3C)cc3ccccc23)cc1.COc1ccccc1N=Cc1c(O)c(C(=O)Nc2ccccc2)cc2ccccc12.COc1ccccc1NC(=O)c1cc2ccccc2c(C=Nc2ccc(C)cc2Br)c1O.COc1ccccc1NC(=O)c1cc2ccccc2c(C=Nc2ccc(Cl)cc2)c1O. The van der Waals surface area contributed by atoms with Gasteiger partial charge >= 0.3 is 0 Å². The molecule has 5 amide bonds. The molecular formula is C104H85BrClN9O12. The molecule has 0 bridgehead atoms. The van der Waals surface area contributed by atoms with E-state index in [1.807, 2.05) is 208 Å². The van der Waals surface area contributed by atoms with E-state index >= 15 is 0 Å². The number of phenols is 4. The van der Waals surface area contributed by atoms with Crippen LogP contribution in [0.3, 0.4) is 0 Å². The number of aliphatic imine (C=N–C) groups is 4. The summed E-state index contributed by atoms with van der Waals surface area (Å²) in [6.45, 7) is 7.16. The average molecular weight is 1770 g/mol.